The quantitative estimate of drug-likeness (QED) is 0.338. The zero-order valence-corrected chi connectivity index (χ0v) is 23.4. The molecule has 2 heterocycles. The van der Waals surface area contributed by atoms with E-state index in [-0.39, 0.29) is 23.7 Å². The molecule has 4 N–H and O–H groups in total. The number of piperidine rings is 1. The van der Waals surface area contributed by atoms with E-state index in [4.69, 9.17) is 0 Å². The van der Waals surface area contributed by atoms with Crippen molar-refractivity contribution in [1.82, 2.24) is 20.5 Å². The highest BCUT2D eigenvalue weighted by atomic mass is 16.3. The summed E-state index contributed by atoms with van der Waals surface area (Å²) in [6, 6.07) is 16.2. The van der Waals surface area contributed by atoms with Gasteiger partial charge in [0.05, 0.1) is 6.10 Å². The van der Waals surface area contributed by atoms with Crippen LogP contribution in [0.4, 0.5) is 0 Å². The van der Waals surface area contributed by atoms with E-state index in [9.17, 15) is 14.7 Å². The molecule has 7 nitrogen and oxygen atoms in total. The molecule has 7 heteroatoms. The Kier molecular flexibility index (Phi) is 7.83. The van der Waals surface area contributed by atoms with Gasteiger partial charge >= 0.3 is 0 Å². The summed E-state index contributed by atoms with van der Waals surface area (Å²) in [5.74, 6) is -0.181. The van der Waals surface area contributed by atoms with Crippen molar-refractivity contribution in [1.29, 1.82) is 0 Å². The van der Waals surface area contributed by atoms with E-state index < -0.39 is 17.7 Å². The topological polar surface area (TPSA) is 97.5 Å². The highest BCUT2D eigenvalue weighted by Gasteiger charge is 2.42. The van der Waals surface area contributed by atoms with E-state index in [1.165, 1.54) is 11.1 Å². The number of likely N-dealkylation sites (tertiary alicyclic amines) is 1. The molecule has 2 aromatic carbocycles. The van der Waals surface area contributed by atoms with Gasteiger partial charge < -0.3 is 25.6 Å². The fourth-order valence-electron chi connectivity index (χ4n) is 6.51. The average Bonchev–Trinajstić information content (AvgIpc) is 3.49. The molecule has 5 rings (SSSR count). The molecule has 0 saturated carbocycles. The van der Waals surface area contributed by atoms with Crippen molar-refractivity contribution in [2.24, 2.45) is 0 Å². The molecule has 39 heavy (non-hydrogen) atoms. The molecule has 1 aliphatic heterocycles. The van der Waals surface area contributed by atoms with Crippen LogP contribution in [0.3, 0.4) is 0 Å². The molecule has 3 aromatic rings. The van der Waals surface area contributed by atoms with Crippen molar-refractivity contribution in [2.45, 2.75) is 82.4 Å². The second-order valence-corrected chi connectivity index (χ2v) is 12.2. The number of β-amino-alcohol motifs (C(OH)–C–C–N with tert-alkyl or cyclic N) is 1. The van der Waals surface area contributed by atoms with Gasteiger partial charge in [-0.15, -0.1) is 0 Å². The van der Waals surface area contributed by atoms with Crippen molar-refractivity contribution < 1.29 is 14.7 Å². The van der Waals surface area contributed by atoms with Crippen LogP contribution in [-0.4, -0.2) is 64.1 Å². The lowest BCUT2D eigenvalue weighted by atomic mass is 9.74. The van der Waals surface area contributed by atoms with Gasteiger partial charge in [-0.05, 0) is 74.6 Å². The number of rotatable bonds is 9. The molecule has 0 radical (unpaired) electrons. The third-order valence-corrected chi connectivity index (χ3v) is 8.70. The summed E-state index contributed by atoms with van der Waals surface area (Å²) in [4.78, 5) is 32.5. The van der Waals surface area contributed by atoms with E-state index in [0.717, 1.165) is 42.1 Å². The number of carbonyl (C=O) groups excluding carboxylic acids is 2. The van der Waals surface area contributed by atoms with E-state index >= 15 is 0 Å². The first-order valence-corrected chi connectivity index (χ1v) is 14.3. The van der Waals surface area contributed by atoms with Crippen LogP contribution in [0.15, 0.2) is 54.7 Å². The van der Waals surface area contributed by atoms with Gasteiger partial charge in [-0.3, -0.25) is 9.59 Å². The minimum atomic E-state index is -0.644. The average molecular weight is 531 g/mol. The van der Waals surface area contributed by atoms with Gasteiger partial charge in [0, 0.05) is 55.1 Å². The molecule has 2 atom stereocenters. The number of aliphatic hydroxyl groups is 1. The fraction of sp³-hybridized carbons (Fsp3) is 0.500. The Morgan fingerprint density at radius 1 is 1.08 bits per heavy atom. The number of aryl methyl sites for hydroxylation is 1. The normalized spacial score (nSPS) is 18.2. The first-order valence-electron chi connectivity index (χ1n) is 14.3. The Bertz CT molecular complexity index is 1320. The zero-order valence-electron chi connectivity index (χ0n) is 23.4. The number of benzene rings is 2. The SMILES string of the molecule is CC(O)CNC(C)(C)CC(=O)NC(Cc1c[nH]c2ccccc12)C(=O)N1CCC2(CCc3ccccc32)CC1. The largest absolute Gasteiger partial charge is 0.392 e. The van der Waals surface area contributed by atoms with Gasteiger partial charge in [0.25, 0.3) is 0 Å². The lowest BCUT2D eigenvalue weighted by Crippen LogP contribution is -2.54. The van der Waals surface area contributed by atoms with E-state index in [1.54, 1.807) is 6.92 Å². The van der Waals surface area contributed by atoms with E-state index in [1.807, 2.05) is 43.1 Å². The lowest BCUT2D eigenvalue weighted by Gasteiger charge is -2.41. The Labute approximate surface area is 231 Å². The number of aromatic amines is 1. The van der Waals surface area contributed by atoms with Crippen LogP contribution in [0.5, 0.6) is 0 Å². The van der Waals surface area contributed by atoms with Gasteiger partial charge in [0.1, 0.15) is 6.04 Å². The number of fused-ring (bicyclic) bond motifs is 3. The number of H-pyrrole nitrogens is 1. The second-order valence-electron chi connectivity index (χ2n) is 12.2. The molecule has 208 valence electrons. The summed E-state index contributed by atoms with van der Waals surface area (Å²) in [5, 5.41) is 17.1. The summed E-state index contributed by atoms with van der Waals surface area (Å²) in [7, 11) is 0. The van der Waals surface area contributed by atoms with E-state index in [0.29, 0.717) is 26.1 Å². The van der Waals surface area contributed by atoms with E-state index in [2.05, 4.69) is 45.9 Å². The van der Waals surface area contributed by atoms with Crippen LogP contribution in [0.2, 0.25) is 0 Å². The molecular formula is C32H42N4O3. The van der Waals surface area contributed by atoms with Crippen molar-refractivity contribution in [2.75, 3.05) is 19.6 Å². The number of aromatic nitrogens is 1. The van der Waals surface area contributed by atoms with Crippen LogP contribution in [0.1, 0.15) is 63.1 Å². The monoisotopic (exact) mass is 530 g/mol. The van der Waals surface area contributed by atoms with Crippen LogP contribution < -0.4 is 10.6 Å². The first-order chi connectivity index (χ1) is 18.7. The summed E-state index contributed by atoms with van der Waals surface area (Å²) in [6.07, 6.45) is 6.27. The molecule has 2 unspecified atom stereocenters. The van der Waals surface area contributed by atoms with Gasteiger partial charge in [-0.1, -0.05) is 42.5 Å². The summed E-state index contributed by atoms with van der Waals surface area (Å²) >= 11 is 0. The Hall–Kier alpha value is -3.16. The number of nitrogens with one attached hydrogen (secondary N) is 3. The highest BCUT2D eigenvalue weighted by Crippen LogP contribution is 2.46. The molecule has 0 bridgehead atoms. The number of nitrogens with zero attached hydrogens (tertiary/aromatic N) is 1. The van der Waals surface area contributed by atoms with Crippen molar-refractivity contribution in [3.05, 3.63) is 71.4 Å². The summed E-state index contributed by atoms with van der Waals surface area (Å²) < 4.78 is 0. The Morgan fingerprint density at radius 3 is 2.56 bits per heavy atom. The fourth-order valence-corrected chi connectivity index (χ4v) is 6.51. The predicted molar refractivity (Wildman–Crippen MR) is 155 cm³/mol. The Balaban J connectivity index is 1.31. The van der Waals surface area contributed by atoms with Gasteiger partial charge in [-0.25, -0.2) is 0 Å². The molecule has 1 aliphatic carbocycles. The number of aliphatic hydroxyl groups excluding tert-OH is 1. The Morgan fingerprint density at radius 2 is 1.79 bits per heavy atom. The van der Waals surface area contributed by atoms with Crippen molar-refractivity contribution >= 4 is 22.7 Å². The van der Waals surface area contributed by atoms with Crippen LogP contribution in [0.25, 0.3) is 10.9 Å². The van der Waals surface area contributed by atoms with Gasteiger partial charge in [0.2, 0.25) is 11.8 Å². The molecule has 1 spiro atoms. The molecule has 1 fully saturated rings. The van der Waals surface area contributed by atoms with Crippen LogP contribution in [0, 0.1) is 0 Å². The smallest absolute Gasteiger partial charge is 0.245 e. The first kappa shape index (κ1) is 27.4. The zero-order chi connectivity index (χ0) is 27.6. The minimum absolute atomic E-state index is 0.00971. The molecular weight excluding hydrogens is 488 g/mol. The van der Waals surface area contributed by atoms with Gasteiger partial charge in [0.15, 0.2) is 0 Å². The lowest BCUT2D eigenvalue weighted by molar-refractivity contribution is -0.138. The molecule has 2 aliphatic rings. The molecule has 1 saturated heterocycles. The number of amides is 2. The van der Waals surface area contributed by atoms with Crippen LogP contribution in [-0.2, 0) is 27.8 Å². The summed E-state index contributed by atoms with van der Waals surface area (Å²) in [6.45, 7) is 7.40. The van der Waals surface area contributed by atoms with Crippen molar-refractivity contribution in [3.63, 3.8) is 0 Å². The molecule has 2 amide bonds. The van der Waals surface area contributed by atoms with Gasteiger partial charge in [-0.2, -0.15) is 0 Å². The highest BCUT2D eigenvalue weighted by molar-refractivity contribution is 5.90. The third kappa shape index (κ3) is 6.04. The maximum atomic E-state index is 14.0. The maximum absolute atomic E-state index is 14.0. The minimum Gasteiger partial charge on any atom is -0.392 e. The van der Waals surface area contributed by atoms with Crippen LogP contribution >= 0.6 is 0 Å². The summed E-state index contributed by atoms with van der Waals surface area (Å²) in [5.41, 5.74) is 4.62. The van der Waals surface area contributed by atoms with Crippen molar-refractivity contribution in [3.8, 4) is 0 Å². The standard InChI is InChI=1S/C32H42N4O3/c1-22(37)20-34-31(2,3)19-29(38)35-28(18-24-21-33-27-11-7-5-9-25(24)27)30(39)36-16-14-32(15-17-36)13-12-23-8-4-6-10-26(23)32/h4-11,21-22,28,33-34,37H,12-20H2,1-3H3,(H,35,38). The third-order valence-electron chi connectivity index (χ3n) is 8.70. The maximum Gasteiger partial charge on any atom is 0.245 e. The number of carbonyl (C=O) groups is 2. The molecule has 1 aromatic heterocycles. The predicted octanol–water partition coefficient (Wildman–Crippen LogP) is 3.84. The number of para-hydroxylation sites is 1. The number of hydrogen-bond acceptors (Lipinski definition) is 4. The number of hydrogen-bond donors (Lipinski definition) is 4. The second kappa shape index (κ2) is 11.1.